The highest BCUT2D eigenvalue weighted by Gasteiger charge is 2.26. The van der Waals surface area contributed by atoms with Crippen LogP contribution in [-0.2, 0) is 14.8 Å². The standard InChI is InChI=1S/C15H23BrN2O3S/c1-12-5-6-15(14(16)10-12)22(19,20)17-13-4-3-7-18(11-13)8-9-21-2/h5-6,10,13,17H,3-4,7-9,11H2,1-2H3. The van der Waals surface area contributed by atoms with Crippen LogP contribution < -0.4 is 4.72 Å². The third kappa shape index (κ3) is 4.76. The summed E-state index contributed by atoms with van der Waals surface area (Å²) in [6, 6.07) is 5.22. The van der Waals surface area contributed by atoms with Gasteiger partial charge in [0.2, 0.25) is 10.0 Å². The Morgan fingerprint density at radius 2 is 2.23 bits per heavy atom. The van der Waals surface area contributed by atoms with Crippen LogP contribution in [0.25, 0.3) is 0 Å². The van der Waals surface area contributed by atoms with Gasteiger partial charge in [0.25, 0.3) is 0 Å². The van der Waals surface area contributed by atoms with E-state index in [1.54, 1.807) is 13.2 Å². The van der Waals surface area contributed by atoms with E-state index in [9.17, 15) is 8.42 Å². The van der Waals surface area contributed by atoms with E-state index in [2.05, 4.69) is 25.6 Å². The minimum Gasteiger partial charge on any atom is -0.383 e. The number of methoxy groups -OCH3 is 1. The van der Waals surface area contributed by atoms with Crippen molar-refractivity contribution in [3.05, 3.63) is 28.2 Å². The fraction of sp³-hybridized carbons (Fsp3) is 0.600. The van der Waals surface area contributed by atoms with Gasteiger partial charge < -0.3 is 4.74 Å². The van der Waals surface area contributed by atoms with Crippen molar-refractivity contribution in [2.24, 2.45) is 0 Å². The number of benzene rings is 1. The molecular weight excluding hydrogens is 368 g/mol. The fourth-order valence-corrected chi connectivity index (χ4v) is 5.14. The molecule has 1 N–H and O–H groups in total. The van der Waals surface area contributed by atoms with Gasteiger partial charge in [-0.25, -0.2) is 13.1 Å². The molecule has 0 spiro atoms. The number of halogens is 1. The van der Waals surface area contributed by atoms with Crippen molar-refractivity contribution < 1.29 is 13.2 Å². The van der Waals surface area contributed by atoms with Gasteiger partial charge in [0.05, 0.1) is 11.5 Å². The van der Waals surface area contributed by atoms with Gasteiger partial charge in [0.1, 0.15) is 0 Å². The summed E-state index contributed by atoms with van der Waals surface area (Å²) in [6.07, 6.45) is 1.86. The van der Waals surface area contributed by atoms with Crippen LogP contribution in [0, 0.1) is 6.92 Å². The number of rotatable bonds is 6. The number of nitrogens with one attached hydrogen (secondary N) is 1. The summed E-state index contributed by atoms with van der Waals surface area (Å²) in [5.41, 5.74) is 1.02. The van der Waals surface area contributed by atoms with Gasteiger partial charge in [0.15, 0.2) is 0 Å². The molecule has 1 aliphatic rings. The predicted octanol–water partition coefficient (Wildman–Crippen LogP) is 2.15. The van der Waals surface area contributed by atoms with Gasteiger partial charge in [0, 0.05) is 30.7 Å². The quantitative estimate of drug-likeness (QED) is 0.808. The molecule has 1 unspecified atom stereocenters. The van der Waals surface area contributed by atoms with Crippen molar-refractivity contribution >= 4 is 26.0 Å². The topological polar surface area (TPSA) is 58.6 Å². The van der Waals surface area contributed by atoms with Crippen molar-refractivity contribution in [1.29, 1.82) is 0 Å². The van der Waals surface area contributed by atoms with E-state index >= 15 is 0 Å². The minimum absolute atomic E-state index is 0.0520. The molecule has 1 aromatic carbocycles. The van der Waals surface area contributed by atoms with Crippen LogP contribution in [0.4, 0.5) is 0 Å². The highest BCUT2D eigenvalue weighted by molar-refractivity contribution is 9.10. The van der Waals surface area contributed by atoms with E-state index in [-0.39, 0.29) is 6.04 Å². The molecule has 1 heterocycles. The molecule has 0 saturated carbocycles. The molecular formula is C15H23BrN2O3S. The first-order valence-corrected chi connectivity index (χ1v) is 9.70. The van der Waals surface area contributed by atoms with Crippen LogP contribution in [0.1, 0.15) is 18.4 Å². The molecule has 0 radical (unpaired) electrons. The molecule has 2 rings (SSSR count). The van der Waals surface area contributed by atoms with E-state index < -0.39 is 10.0 Å². The Labute approximate surface area is 141 Å². The van der Waals surface area contributed by atoms with Crippen molar-refractivity contribution in [3.63, 3.8) is 0 Å². The maximum absolute atomic E-state index is 12.6. The first kappa shape index (κ1) is 17.9. The van der Waals surface area contributed by atoms with Gasteiger partial charge in [-0.3, -0.25) is 4.90 Å². The number of nitrogens with zero attached hydrogens (tertiary/aromatic N) is 1. The molecule has 1 atom stereocenters. The van der Waals surface area contributed by atoms with Crippen LogP contribution in [0.15, 0.2) is 27.6 Å². The maximum atomic E-state index is 12.6. The molecule has 7 heteroatoms. The lowest BCUT2D eigenvalue weighted by atomic mass is 10.1. The number of hydrogen-bond donors (Lipinski definition) is 1. The molecule has 0 aromatic heterocycles. The summed E-state index contributed by atoms with van der Waals surface area (Å²) in [4.78, 5) is 2.54. The summed E-state index contributed by atoms with van der Waals surface area (Å²) in [7, 11) is -1.83. The van der Waals surface area contributed by atoms with Crippen molar-refractivity contribution in [2.45, 2.75) is 30.7 Å². The lowest BCUT2D eigenvalue weighted by molar-refractivity contribution is 0.126. The summed E-state index contributed by atoms with van der Waals surface area (Å²) in [5, 5.41) is 0. The van der Waals surface area contributed by atoms with E-state index in [1.807, 2.05) is 19.1 Å². The second-order valence-corrected chi connectivity index (χ2v) is 8.22. The highest BCUT2D eigenvalue weighted by atomic mass is 79.9. The molecule has 0 aliphatic carbocycles. The first-order chi connectivity index (χ1) is 10.4. The van der Waals surface area contributed by atoms with Gasteiger partial charge in [-0.05, 0) is 59.9 Å². The van der Waals surface area contributed by atoms with Gasteiger partial charge in [-0.1, -0.05) is 6.07 Å². The maximum Gasteiger partial charge on any atom is 0.241 e. The van der Waals surface area contributed by atoms with Crippen molar-refractivity contribution in [1.82, 2.24) is 9.62 Å². The SMILES string of the molecule is COCCN1CCCC(NS(=O)(=O)c2ccc(C)cc2Br)C1. The summed E-state index contributed by atoms with van der Waals surface area (Å²) in [5.74, 6) is 0. The third-order valence-electron chi connectivity index (χ3n) is 3.82. The van der Waals surface area contributed by atoms with E-state index in [4.69, 9.17) is 4.74 Å². The molecule has 1 aromatic rings. The molecule has 0 bridgehead atoms. The number of aryl methyl sites for hydroxylation is 1. The zero-order chi connectivity index (χ0) is 16.2. The summed E-state index contributed by atoms with van der Waals surface area (Å²) >= 11 is 3.35. The molecule has 1 fully saturated rings. The van der Waals surface area contributed by atoms with E-state index in [1.165, 1.54) is 0 Å². The molecule has 5 nitrogen and oxygen atoms in total. The van der Waals surface area contributed by atoms with Crippen LogP contribution in [-0.4, -0.2) is 52.7 Å². The lowest BCUT2D eigenvalue weighted by Crippen LogP contribution is -2.48. The second-order valence-electron chi connectivity index (χ2n) is 5.69. The Balaban J connectivity index is 2.05. The van der Waals surface area contributed by atoms with Crippen molar-refractivity contribution in [3.8, 4) is 0 Å². The van der Waals surface area contributed by atoms with Crippen LogP contribution >= 0.6 is 15.9 Å². The summed E-state index contributed by atoms with van der Waals surface area (Å²) in [6.45, 7) is 5.16. The number of ether oxygens (including phenoxy) is 1. The number of sulfonamides is 1. The zero-order valence-corrected chi connectivity index (χ0v) is 15.4. The predicted molar refractivity (Wildman–Crippen MR) is 90.5 cm³/mol. The van der Waals surface area contributed by atoms with Gasteiger partial charge in [-0.15, -0.1) is 0 Å². The Morgan fingerprint density at radius 3 is 2.91 bits per heavy atom. The smallest absolute Gasteiger partial charge is 0.241 e. The van der Waals surface area contributed by atoms with Gasteiger partial charge >= 0.3 is 0 Å². The average Bonchev–Trinajstić information content (AvgIpc) is 2.44. The first-order valence-electron chi connectivity index (χ1n) is 7.42. The number of piperidine rings is 1. The van der Waals surface area contributed by atoms with E-state index in [0.29, 0.717) is 16.0 Å². The zero-order valence-electron chi connectivity index (χ0n) is 13.0. The lowest BCUT2D eigenvalue weighted by Gasteiger charge is -2.32. The minimum atomic E-state index is -3.51. The number of hydrogen-bond acceptors (Lipinski definition) is 4. The average molecular weight is 391 g/mol. The molecule has 0 amide bonds. The normalized spacial score (nSPS) is 20.2. The molecule has 124 valence electrons. The monoisotopic (exact) mass is 390 g/mol. The fourth-order valence-electron chi connectivity index (χ4n) is 2.68. The van der Waals surface area contributed by atoms with Crippen molar-refractivity contribution in [2.75, 3.05) is 33.4 Å². The van der Waals surface area contributed by atoms with Crippen LogP contribution in [0.3, 0.4) is 0 Å². The second kappa shape index (κ2) is 7.88. The van der Waals surface area contributed by atoms with Gasteiger partial charge in [-0.2, -0.15) is 0 Å². The Morgan fingerprint density at radius 1 is 1.45 bits per heavy atom. The molecule has 22 heavy (non-hydrogen) atoms. The van der Waals surface area contributed by atoms with Crippen LogP contribution in [0.5, 0.6) is 0 Å². The highest BCUT2D eigenvalue weighted by Crippen LogP contribution is 2.24. The van der Waals surface area contributed by atoms with Crippen LogP contribution in [0.2, 0.25) is 0 Å². The molecule has 1 aliphatic heterocycles. The third-order valence-corrected chi connectivity index (χ3v) is 6.31. The van der Waals surface area contributed by atoms with E-state index in [0.717, 1.165) is 38.0 Å². The number of likely N-dealkylation sites (tertiary alicyclic amines) is 1. The summed E-state index contributed by atoms with van der Waals surface area (Å²) < 4.78 is 33.7. The Kier molecular flexibility index (Phi) is 6.40. The molecule has 1 saturated heterocycles. The Bertz CT molecular complexity index is 607. The largest absolute Gasteiger partial charge is 0.383 e. The Hall–Kier alpha value is -0.470.